The van der Waals surface area contributed by atoms with Crippen molar-refractivity contribution in [3.63, 3.8) is 0 Å². The molecule has 2 heterocycles. The van der Waals surface area contributed by atoms with Crippen molar-refractivity contribution in [2.45, 2.75) is 33.2 Å². The monoisotopic (exact) mass is 376 g/mol. The maximum atomic E-state index is 12.5. The smallest absolute Gasteiger partial charge is 0.238 e. The molecule has 1 aromatic heterocycles. The van der Waals surface area contributed by atoms with Gasteiger partial charge in [-0.3, -0.25) is 9.69 Å². The number of anilines is 1. The molecule has 0 unspecified atom stereocenters. The number of amides is 1. The van der Waals surface area contributed by atoms with Gasteiger partial charge in [0.05, 0.1) is 23.9 Å². The summed E-state index contributed by atoms with van der Waals surface area (Å²) in [4.78, 5) is 19.2. The van der Waals surface area contributed by atoms with Crippen molar-refractivity contribution in [3.8, 4) is 0 Å². The zero-order valence-corrected chi connectivity index (χ0v) is 16.7. The first-order valence-electron chi connectivity index (χ1n) is 10.1. The van der Waals surface area contributed by atoms with Gasteiger partial charge in [0.15, 0.2) is 0 Å². The minimum absolute atomic E-state index is 0.0766. The van der Waals surface area contributed by atoms with Crippen molar-refractivity contribution in [1.29, 1.82) is 0 Å². The normalized spacial score (nSPS) is 15.8. The summed E-state index contributed by atoms with van der Waals surface area (Å²) >= 11 is 0. The Morgan fingerprint density at radius 2 is 1.89 bits per heavy atom. The molecule has 28 heavy (non-hydrogen) atoms. The lowest BCUT2D eigenvalue weighted by molar-refractivity contribution is -0.117. The lowest BCUT2D eigenvalue weighted by Crippen LogP contribution is -2.40. The van der Waals surface area contributed by atoms with Crippen molar-refractivity contribution in [2.24, 2.45) is 5.92 Å². The minimum Gasteiger partial charge on any atom is -0.330 e. The highest BCUT2D eigenvalue weighted by atomic mass is 16.2. The van der Waals surface area contributed by atoms with Crippen LogP contribution in [0.5, 0.6) is 0 Å². The first-order chi connectivity index (χ1) is 13.6. The van der Waals surface area contributed by atoms with Gasteiger partial charge in [-0.05, 0) is 75.0 Å². The standard InChI is InChI=1S/C23H28N4O/c1-17-6-5-8-20(18(17)2)25-23(28)15-26-12-10-19(11-13-26)14-27-16-24-21-7-3-4-9-22(21)27/h3-9,16,19H,10-15H2,1-2H3,(H,25,28). The first kappa shape index (κ1) is 18.7. The minimum atomic E-state index is 0.0766. The molecule has 4 rings (SSSR count). The summed E-state index contributed by atoms with van der Waals surface area (Å²) in [6.07, 6.45) is 4.18. The van der Waals surface area contributed by atoms with Gasteiger partial charge in [0, 0.05) is 12.2 Å². The van der Waals surface area contributed by atoms with Crippen LogP contribution >= 0.6 is 0 Å². The van der Waals surface area contributed by atoms with E-state index in [-0.39, 0.29) is 5.91 Å². The van der Waals surface area contributed by atoms with Gasteiger partial charge in [0.1, 0.15) is 0 Å². The zero-order valence-electron chi connectivity index (χ0n) is 16.7. The number of hydrogen-bond donors (Lipinski definition) is 1. The summed E-state index contributed by atoms with van der Waals surface area (Å²) in [5, 5.41) is 3.07. The van der Waals surface area contributed by atoms with Crippen LogP contribution in [0.1, 0.15) is 24.0 Å². The molecule has 1 N–H and O–H groups in total. The Kier molecular flexibility index (Phi) is 5.44. The lowest BCUT2D eigenvalue weighted by Gasteiger charge is -2.31. The van der Waals surface area contributed by atoms with Crippen LogP contribution in [-0.4, -0.2) is 40.0 Å². The fourth-order valence-electron chi connectivity index (χ4n) is 4.04. The highest BCUT2D eigenvalue weighted by Crippen LogP contribution is 2.22. The summed E-state index contributed by atoms with van der Waals surface area (Å²) in [5.74, 6) is 0.712. The molecule has 5 heteroatoms. The first-order valence-corrected chi connectivity index (χ1v) is 10.1. The molecule has 3 aromatic rings. The number of aryl methyl sites for hydroxylation is 1. The van der Waals surface area contributed by atoms with Crippen LogP contribution in [0.4, 0.5) is 5.69 Å². The Hall–Kier alpha value is -2.66. The van der Waals surface area contributed by atoms with E-state index in [0.717, 1.165) is 49.2 Å². The van der Waals surface area contributed by atoms with Gasteiger partial charge in [0.25, 0.3) is 0 Å². The van der Waals surface area contributed by atoms with E-state index in [4.69, 9.17) is 0 Å². The Morgan fingerprint density at radius 1 is 1.11 bits per heavy atom. The van der Waals surface area contributed by atoms with Crippen LogP contribution in [0, 0.1) is 19.8 Å². The largest absolute Gasteiger partial charge is 0.330 e. The number of carbonyl (C=O) groups is 1. The summed E-state index contributed by atoms with van der Waals surface area (Å²) in [7, 11) is 0. The molecule has 146 valence electrons. The van der Waals surface area contributed by atoms with Gasteiger partial charge in [-0.25, -0.2) is 4.98 Å². The van der Waals surface area contributed by atoms with Crippen molar-refractivity contribution in [2.75, 3.05) is 25.0 Å². The number of rotatable bonds is 5. The van der Waals surface area contributed by atoms with Crippen LogP contribution < -0.4 is 5.32 Å². The molecule has 1 aliphatic rings. The summed E-state index contributed by atoms with van der Waals surface area (Å²) < 4.78 is 2.27. The molecule has 0 atom stereocenters. The van der Waals surface area contributed by atoms with Crippen molar-refractivity contribution in [3.05, 3.63) is 59.9 Å². The van der Waals surface area contributed by atoms with Crippen molar-refractivity contribution >= 4 is 22.6 Å². The van der Waals surface area contributed by atoms with E-state index in [2.05, 4.69) is 57.9 Å². The van der Waals surface area contributed by atoms with Gasteiger partial charge < -0.3 is 9.88 Å². The summed E-state index contributed by atoms with van der Waals surface area (Å²) in [6.45, 7) is 7.53. The van der Waals surface area contributed by atoms with Gasteiger partial charge in [-0.2, -0.15) is 0 Å². The molecule has 1 amide bonds. The van der Waals surface area contributed by atoms with E-state index >= 15 is 0 Å². The molecular weight excluding hydrogens is 348 g/mol. The molecule has 2 aromatic carbocycles. The second-order valence-electron chi connectivity index (χ2n) is 7.90. The molecule has 0 saturated carbocycles. The number of nitrogens with one attached hydrogen (secondary N) is 1. The Morgan fingerprint density at radius 3 is 2.71 bits per heavy atom. The SMILES string of the molecule is Cc1cccc(NC(=O)CN2CCC(Cn3cnc4ccccc43)CC2)c1C. The Bertz CT molecular complexity index is 970. The van der Waals surface area contributed by atoms with E-state index in [1.807, 2.05) is 24.5 Å². The molecule has 5 nitrogen and oxygen atoms in total. The highest BCUT2D eigenvalue weighted by Gasteiger charge is 2.22. The number of nitrogens with zero attached hydrogens (tertiary/aromatic N) is 3. The number of piperidine rings is 1. The fourth-order valence-corrected chi connectivity index (χ4v) is 4.04. The molecule has 0 radical (unpaired) electrons. The quantitative estimate of drug-likeness (QED) is 0.732. The lowest BCUT2D eigenvalue weighted by atomic mass is 9.96. The van der Waals surface area contributed by atoms with Gasteiger partial charge in [0.2, 0.25) is 5.91 Å². The number of likely N-dealkylation sites (tertiary alicyclic amines) is 1. The summed E-state index contributed by atoms with van der Waals surface area (Å²) in [5.41, 5.74) is 5.53. The van der Waals surface area contributed by atoms with Crippen LogP contribution in [0.3, 0.4) is 0 Å². The maximum Gasteiger partial charge on any atom is 0.238 e. The maximum absolute atomic E-state index is 12.5. The van der Waals surface area contributed by atoms with Crippen LogP contribution in [0.2, 0.25) is 0 Å². The van der Waals surface area contributed by atoms with E-state index in [1.54, 1.807) is 0 Å². The molecule has 1 saturated heterocycles. The van der Waals surface area contributed by atoms with Gasteiger partial charge >= 0.3 is 0 Å². The van der Waals surface area contributed by atoms with Crippen molar-refractivity contribution < 1.29 is 4.79 Å². The van der Waals surface area contributed by atoms with Crippen molar-refractivity contribution in [1.82, 2.24) is 14.5 Å². The third-order valence-electron chi connectivity index (χ3n) is 5.94. The number of imidazole rings is 1. The topological polar surface area (TPSA) is 50.2 Å². The number of para-hydroxylation sites is 2. The average Bonchev–Trinajstić information content (AvgIpc) is 3.10. The number of carbonyl (C=O) groups excluding carboxylic acids is 1. The Labute approximate surface area is 166 Å². The van der Waals surface area contributed by atoms with Crippen LogP contribution in [0.25, 0.3) is 11.0 Å². The predicted octanol–water partition coefficient (Wildman–Crippen LogP) is 4.00. The second kappa shape index (κ2) is 8.15. The van der Waals surface area contributed by atoms with Gasteiger partial charge in [-0.1, -0.05) is 24.3 Å². The highest BCUT2D eigenvalue weighted by molar-refractivity contribution is 5.93. The van der Waals surface area contributed by atoms with E-state index < -0.39 is 0 Å². The third-order valence-corrected chi connectivity index (χ3v) is 5.94. The predicted molar refractivity (Wildman–Crippen MR) is 113 cm³/mol. The fraction of sp³-hybridized carbons (Fsp3) is 0.391. The summed E-state index contributed by atoms with van der Waals surface area (Å²) in [6, 6.07) is 14.3. The molecule has 1 aliphatic heterocycles. The molecule has 0 aliphatic carbocycles. The van der Waals surface area contributed by atoms with Crippen LogP contribution in [0.15, 0.2) is 48.8 Å². The number of benzene rings is 2. The molecular formula is C23H28N4O. The number of aromatic nitrogens is 2. The number of hydrogen-bond acceptors (Lipinski definition) is 3. The Balaban J connectivity index is 1.28. The van der Waals surface area contributed by atoms with E-state index in [9.17, 15) is 4.79 Å². The average molecular weight is 377 g/mol. The zero-order chi connectivity index (χ0) is 19.5. The molecule has 0 spiro atoms. The second-order valence-corrected chi connectivity index (χ2v) is 7.90. The molecule has 0 bridgehead atoms. The van der Waals surface area contributed by atoms with E-state index in [0.29, 0.717) is 12.5 Å². The molecule has 1 fully saturated rings. The van der Waals surface area contributed by atoms with Crippen LogP contribution in [-0.2, 0) is 11.3 Å². The third kappa shape index (κ3) is 4.09. The van der Waals surface area contributed by atoms with E-state index in [1.165, 1.54) is 11.1 Å². The van der Waals surface area contributed by atoms with Gasteiger partial charge in [-0.15, -0.1) is 0 Å². The number of fused-ring (bicyclic) bond motifs is 1.